The summed E-state index contributed by atoms with van der Waals surface area (Å²) < 4.78 is 14.5. The summed E-state index contributed by atoms with van der Waals surface area (Å²) in [6.07, 6.45) is 2.17. The highest BCUT2D eigenvalue weighted by molar-refractivity contribution is 5.79. The quantitative estimate of drug-likeness (QED) is 0.741. The second-order valence-corrected chi connectivity index (χ2v) is 6.16. The van der Waals surface area contributed by atoms with Crippen molar-refractivity contribution in [2.45, 2.75) is 25.8 Å². The van der Waals surface area contributed by atoms with Crippen LogP contribution < -0.4 is 10.9 Å². The van der Waals surface area contributed by atoms with Gasteiger partial charge in [-0.25, -0.2) is 9.37 Å². The van der Waals surface area contributed by atoms with Gasteiger partial charge >= 0.3 is 0 Å². The van der Waals surface area contributed by atoms with Crippen LogP contribution in [0.25, 0.3) is 10.9 Å². The van der Waals surface area contributed by atoms with Crippen LogP contribution in [0, 0.1) is 5.82 Å². The largest absolute Gasteiger partial charge is 0.354 e. The van der Waals surface area contributed by atoms with Crippen LogP contribution in [-0.4, -0.2) is 22.0 Å². The molecule has 3 rings (SSSR count). The van der Waals surface area contributed by atoms with Gasteiger partial charge in [0.15, 0.2) is 0 Å². The number of amides is 1. The van der Waals surface area contributed by atoms with Crippen LogP contribution in [0.3, 0.4) is 0 Å². The number of rotatable bonds is 6. The van der Waals surface area contributed by atoms with E-state index in [1.54, 1.807) is 0 Å². The second kappa shape index (κ2) is 7.91. The summed E-state index contributed by atoms with van der Waals surface area (Å²) in [6.45, 7) is 2.45. The number of carbonyl (C=O) groups is 1. The Morgan fingerprint density at radius 2 is 2.00 bits per heavy atom. The lowest BCUT2D eigenvalue weighted by Gasteiger charge is -2.16. The number of nitrogens with zero attached hydrogens (tertiary/aromatic N) is 2. The number of aromatic nitrogens is 2. The van der Waals surface area contributed by atoms with Gasteiger partial charge in [0, 0.05) is 18.5 Å². The molecule has 0 spiro atoms. The minimum atomic E-state index is -0.452. The molecule has 0 aliphatic carbocycles. The molecular formula is C20H20FN3O2. The monoisotopic (exact) mass is 353 g/mol. The predicted molar refractivity (Wildman–Crippen MR) is 98.4 cm³/mol. The predicted octanol–water partition coefficient (Wildman–Crippen LogP) is 2.85. The van der Waals surface area contributed by atoms with Crippen molar-refractivity contribution in [1.29, 1.82) is 0 Å². The van der Waals surface area contributed by atoms with Gasteiger partial charge in [0.1, 0.15) is 12.4 Å². The molecule has 0 unspecified atom stereocenters. The summed E-state index contributed by atoms with van der Waals surface area (Å²) in [5.41, 5.74) is 1.09. The van der Waals surface area contributed by atoms with Crippen molar-refractivity contribution in [1.82, 2.24) is 14.9 Å². The highest BCUT2D eigenvalue weighted by atomic mass is 19.1. The topological polar surface area (TPSA) is 64.0 Å². The molecule has 1 N–H and O–H groups in total. The van der Waals surface area contributed by atoms with Gasteiger partial charge in [-0.3, -0.25) is 14.2 Å². The van der Waals surface area contributed by atoms with E-state index in [4.69, 9.17) is 0 Å². The third kappa shape index (κ3) is 3.96. The first kappa shape index (κ1) is 17.8. The lowest BCUT2D eigenvalue weighted by atomic mass is 9.96. The first-order chi connectivity index (χ1) is 12.6. The summed E-state index contributed by atoms with van der Waals surface area (Å²) in [5, 5.41) is 3.17. The van der Waals surface area contributed by atoms with E-state index in [2.05, 4.69) is 17.2 Å². The minimum Gasteiger partial charge on any atom is -0.354 e. The van der Waals surface area contributed by atoms with E-state index in [9.17, 15) is 14.0 Å². The normalized spacial score (nSPS) is 12.1. The number of fused-ring (bicyclic) bond motifs is 1. The summed E-state index contributed by atoms with van der Waals surface area (Å²) >= 11 is 0. The molecule has 6 heteroatoms. The number of benzene rings is 2. The fourth-order valence-electron chi connectivity index (χ4n) is 2.91. The molecule has 26 heavy (non-hydrogen) atoms. The number of carbonyl (C=O) groups excluding carboxylic acids is 1. The molecule has 5 nitrogen and oxygen atoms in total. The van der Waals surface area contributed by atoms with Crippen molar-refractivity contribution >= 4 is 16.8 Å². The van der Waals surface area contributed by atoms with Crippen LogP contribution in [0.1, 0.15) is 24.8 Å². The first-order valence-corrected chi connectivity index (χ1v) is 8.55. The molecule has 134 valence electrons. The molecule has 1 atom stereocenters. The Balaban J connectivity index is 1.68. The lowest BCUT2D eigenvalue weighted by Crippen LogP contribution is -2.34. The van der Waals surface area contributed by atoms with E-state index >= 15 is 0 Å². The maximum absolute atomic E-state index is 13.2. The summed E-state index contributed by atoms with van der Waals surface area (Å²) in [5.74, 6) is -0.495. The number of nitrogens with one attached hydrogen (secondary N) is 1. The van der Waals surface area contributed by atoms with Gasteiger partial charge in [-0.2, -0.15) is 0 Å². The van der Waals surface area contributed by atoms with E-state index in [0.29, 0.717) is 6.54 Å². The van der Waals surface area contributed by atoms with Gasteiger partial charge in [-0.1, -0.05) is 37.3 Å². The number of hydrogen-bond acceptors (Lipinski definition) is 3. The molecule has 0 radical (unpaired) electrons. The Morgan fingerprint density at radius 3 is 2.73 bits per heavy atom. The van der Waals surface area contributed by atoms with Gasteiger partial charge in [0.2, 0.25) is 5.91 Å². The Kier molecular flexibility index (Phi) is 5.41. The van der Waals surface area contributed by atoms with Crippen molar-refractivity contribution < 1.29 is 9.18 Å². The van der Waals surface area contributed by atoms with Crippen LogP contribution in [0.15, 0.2) is 59.7 Å². The highest BCUT2D eigenvalue weighted by Crippen LogP contribution is 2.17. The molecule has 1 amide bonds. The molecule has 0 aliphatic heterocycles. The molecule has 3 aromatic rings. The Bertz CT molecular complexity index is 970. The average Bonchev–Trinajstić information content (AvgIpc) is 2.65. The number of halogens is 1. The highest BCUT2D eigenvalue weighted by Gasteiger charge is 2.12. The number of hydrogen-bond donors (Lipinski definition) is 1. The lowest BCUT2D eigenvalue weighted by molar-refractivity contribution is -0.121. The average molecular weight is 353 g/mol. The van der Waals surface area contributed by atoms with Crippen LogP contribution in [0.4, 0.5) is 4.39 Å². The van der Waals surface area contributed by atoms with E-state index < -0.39 is 5.82 Å². The summed E-state index contributed by atoms with van der Waals surface area (Å²) in [6, 6.07) is 13.8. The Morgan fingerprint density at radius 1 is 1.23 bits per heavy atom. The third-order valence-electron chi connectivity index (χ3n) is 4.41. The van der Waals surface area contributed by atoms with Crippen LogP contribution in [0.5, 0.6) is 0 Å². The van der Waals surface area contributed by atoms with Crippen molar-refractivity contribution in [2.75, 3.05) is 6.54 Å². The van der Waals surface area contributed by atoms with Crippen molar-refractivity contribution in [2.24, 2.45) is 0 Å². The summed E-state index contributed by atoms with van der Waals surface area (Å²) in [4.78, 5) is 28.7. The zero-order valence-electron chi connectivity index (χ0n) is 14.5. The minimum absolute atomic E-state index is 0.121. The fraction of sp³-hybridized carbons (Fsp3) is 0.250. The maximum Gasteiger partial charge on any atom is 0.261 e. The fourth-order valence-corrected chi connectivity index (χ4v) is 2.91. The standard InChI is InChI=1S/C20H20FN3O2/c1-2-14(15-6-4-3-5-7-15)11-22-19(25)12-24-13-23-18-10-16(21)8-9-17(18)20(24)26/h3-10,13-14H,2,11-12H2,1H3,(H,22,25)/t14-/m1/s1. The maximum atomic E-state index is 13.2. The van der Waals surface area contributed by atoms with Crippen LogP contribution in [0.2, 0.25) is 0 Å². The van der Waals surface area contributed by atoms with E-state index in [0.717, 1.165) is 6.42 Å². The molecular weight excluding hydrogens is 333 g/mol. The molecule has 2 aromatic carbocycles. The molecule has 0 aliphatic rings. The zero-order chi connectivity index (χ0) is 18.5. The summed E-state index contributed by atoms with van der Waals surface area (Å²) in [7, 11) is 0. The van der Waals surface area contributed by atoms with Crippen LogP contribution >= 0.6 is 0 Å². The smallest absolute Gasteiger partial charge is 0.261 e. The first-order valence-electron chi connectivity index (χ1n) is 8.55. The van der Waals surface area contributed by atoms with E-state index in [1.165, 1.54) is 34.7 Å². The van der Waals surface area contributed by atoms with Crippen molar-refractivity contribution in [3.63, 3.8) is 0 Å². The molecule has 0 bridgehead atoms. The molecule has 1 heterocycles. The van der Waals surface area contributed by atoms with Gasteiger partial charge in [0.05, 0.1) is 17.2 Å². The Labute approximate surface area is 150 Å². The SMILES string of the molecule is CC[C@H](CNC(=O)Cn1cnc2cc(F)ccc2c1=O)c1ccccc1. The van der Waals surface area contributed by atoms with Gasteiger partial charge < -0.3 is 5.32 Å². The van der Waals surface area contributed by atoms with E-state index in [1.807, 2.05) is 30.3 Å². The van der Waals surface area contributed by atoms with Gasteiger partial charge in [-0.05, 0) is 24.1 Å². The van der Waals surface area contributed by atoms with Crippen molar-refractivity contribution in [3.05, 3.63) is 76.6 Å². The van der Waals surface area contributed by atoms with Crippen LogP contribution in [-0.2, 0) is 11.3 Å². The Hall–Kier alpha value is -3.02. The van der Waals surface area contributed by atoms with E-state index in [-0.39, 0.29) is 34.8 Å². The van der Waals surface area contributed by atoms with Crippen molar-refractivity contribution in [3.8, 4) is 0 Å². The second-order valence-electron chi connectivity index (χ2n) is 6.16. The zero-order valence-corrected chi connectivity index (χ0v) is 14.5. The van der Waals surface area contributed by atoms with Gasteiger partial charge in [0.25, 0.3) is 5.56 Å². The molecule has 0 saturated heterocycles. The third-order valence-corrected chi connectivity index (χ3v) is 4.41. The molecule has 0 fully saturated rings. The molecule has 1 aromatic heterocycles. The molecule has 0 saturated carbocycles. The van der Waals surface area contributed by atoms with Gasteiger partial charge in [-0.15, -0.1) is 0 Å².